The van der Waals surface area contributed by atoms with Crippen LogP contribution in [0.15, 0.2) is 12.2 Å². The third-order valence-electron chi connectivity index (χ3n) is 4.53. The Morgan fingerprint density at radius 2 is 1.43 bits per heavy atom. The SMILES string of the molecule is CC/C=C/C1COC(CCC2COC(CCCCC)OC2)OC1. The van der Waals surface area contributed by atoms with E-state index in [0.29, 0.717) is 11.8 Å². The molecule has 2 heterocycles. The molecule has 0 unspecified atom stereocenters. The van der Waals surface area contributed by atoms with Crippen LogP contribution >= 0.6 is 0 Å². The van der Waals surface area contributed by atoms with E-state index in [1.54, 1.807) is 0 Å². The predicted molar refractivity (Wildman–Crippen MR) is 91.2 cm³/mol. The van der Waals surface area contributed by atoms with Crippen LogP contribution in [0.1, 0.15) is 58.8 Å². The van der Waals surface area contributed by atoms with E-state index in [1.807, 2.05) is 0 Å². The van der Waals surface area contributed by atoms with Crippen LogP contribution in [0.3, 0.4) is 0 Å². The van der Waals surface area contributed by atoms with Crippen molar-refractivity contribution in [2.24, 2.45) is 11.8 Å². The highest BCUT2D eigenvalue weighted by molar-refractivity contribution is 4.88. The molecule has 0 amide bonds. The number of ether oxygens (including phenoxy) is 4. The van der Waals surface area contributed by atoms with Gasteiger partial charge >= 0.3 is 0 Å². The predicted octanol–water partition coefficient (Wildman–Crippen LogP) is 4.29. The van der Waals surface area contributed by atoms with Crippen LogP contribution in [0.5, 0.6) is 0 Å². The lowest BCUT2D eigenvalue weighted by atomic mass is 10.0. The van der Waals surface area contributed by atoms with Crippen LogP contribution in [0.25, 0.3) is 0 Å². The Morgan fingerprint density at radius 3 is 2.09 bits per heavy atom. The Hall–Kier alpha value is -0.420. The summed E-state index contributed by atoms with van der Waals surface area (Å²) < 4.78 is 23.3. The summed E-state index contributed by atoms with van der Waals surface area (Å²) in [6, 6.07) is 0. The van der Waals surface area contributed by atoms with Crippen molar-refractivity contribution in [1.82, 2.24) is 0 Å². The molecule has 0 bridgehead atoms. The molecule has 0 atom stereocenters. The molecule has 0 aromatic carbocycles. The van der Waals surface area contributed by atoms with Crippen LogP contribution < -0.4 is 0 Å². The second-order valence-corrected chi connectivity index (χ2v) is 6.73. The molecule has 2 saturated heterocycles. The second kappa shape index (κ2) is 11.2. The zero-order valence-corrected chi connectivity index (χ0v) is 14.9. The van der Waals surface area contributed by atoms with Gasteiger partial charge in [0.2, 0.25) is 0 Å². The van der Waals surface area contributed by atoms with Crippen LogP contribution in [-0.2, 0) is 18.9 Å². The lowest BCUT2D eigenvalue weighted by molar-refractivity contribution is -0.216. The molecule has 4 heteroatoms. The molecule has 0 aliphatic carbocycles. The van der Waals surface area contributed by atoms with E-state index in [1.165, 1.54) is 19.3 Å². The van der Waals surface area contributed by atoms with Gasteiger partial charge in [-0.3, -0.25) is 0 Å². The number of hydrogen-bond donors (Lipinski definition) is 0. The van der Waals surface area contributed by atoms with Crippen molar-refractivity contribution in [2.45, 2.75) is 71.4 Å². The first-order valence-electron chi connectivity index (χ1n) is 9.44. The van der Waals surface area contributed by atoms with Crippen molar-refractivity contribution in [3.8, 4) is 0 Å². The van der Waals surface area contributed by atoms with Crippen molar-refractivity contribution in [1.29, 1.82) is 0 Å². The van der Waals surface area contributed by atoms with Gasteiger partial charge in [-0.15, -0.1) is 0 Å². The number of allylic oxidation sites excluding steroid dienone is 1. The minimum Gasteiger partial charge on any atom is -0.352 e. The summed E-state index contributed by atoms with van der Waals surface area (Å²) in [5.41, 5.74) is 0. The Morgan fingerprint density at radius 1 is 0.783 bits per heavy atom. The lowest BCUT2D eigenvalue weighted by Crippen LogP contribution is -2.34. The zero-order chi connectivity index (χ0) is 16.3. The summed E-state index contributed by atoms with van der Waals surface area (Å²) in [5, 5.41) is 0. The molecule has 0 spiro atoms. The third-order valence-corrected chi connectivity index (χ3v) is 4.53. The normalized spacial score (nSPS) is 32.4. The lowest BCUT2D eigenvalue weighted by Gasteiger charge is -2.32. The second-order valence-electron chi connectivity index (χ2n) is 6.73. The van der Waals surface area contributed by atoms with Crippen molar-refractivity contribution in [2.75, 3.05) is 26.4 Å². The fraction of sp³-hybridized carbons (Fsp3) is 0.895. The van der Waals surface area contributed by atoms with Gasteiger partial charge in [0.1, 0.15) is 0 Å². The third kappa shape index (κ3) is 7.34. The van der Waals surface area contributed by atoms with E-state index in [4.69, 9.17) is 18.9 Å². The maximum atomic E-state index is 5.83. The number of unbranched alkanes of at least 4 members (excludes halogenated alkanes) is 2. The summed E-state index contributed by atoms with van der Waals surface area (Å²) in [6.45, 7) is 7.54. The van der Waals surface area contributed by atoms with Gasteiger partial charge in [0, 0.05) is 11.8 Å². The van der Waals surface area contributed by atoms with Crippen LogP contribution in [0, 0.1) is 11.8 Å². The molecule has 0 aromatic rings. The van der Waals surface area contributed by atoms with E-state index < -0.39 is 0 Å². The van der Waals surface area contributed by atoms with Gasteiger partial charge in [0.25, 0.3) is 0 Å². The minimum atomic E-state index is -0.0523. The summed E-state index contributed by atoms with van der Waals surface area (Å²) >= 11 is 0. The van der Waals surface area contributed by atoms with Crippen molar-refractivity contribution < 1.29 is 18.9 Å². The Kier molecular flexibility index (Phi) is 9.20. The summed E-state index contributed by atoms with van der Waals surface area (Å²) in [4.78, 5) is 0. The molecule has 4 nitrogen and oxygen atoms in total. The minimum absolute atomic E-state index is 0.0195. The summed E-state index contributed by atoms with van der Waals surface area (Å²) in [7, 11) is 0. The Balaban J connectivity index is 1.53. The molecule has 2 aliphatic heterocycles. The zero-order valence-electron chi connectivity index (χ0n) is 14.9. The molecule has 0 N–H and O–H groups in total. The molecule has 0 radical (unpaired) electrons. The first-order valence-corrected chi connectivity index (χ1v) is 9.44. The van der Waals surface area contributed by atoms with E-state index >= 15 is 0 Å². The van der Waals surface area contributed by atoms with E-state index in [0.717, 1.165) is 52.1 Å². The maximum Gasteiger partial charge on any atom is 0.157 e. The molecule has 2 fully saturated rings. The average molecular weight is 326 g/mol. The fourth-order valence-corrected chi connectivity index (χ4v) is 3.01. The van der Waals surface area contributed by atoms with Gasteiger partial charge < -0.3 is 18.9 Å². The van der Waals surface area contributed by atoms with Crippen molar-refractivity contribution >= 4 is 0 Å². The molecule has 0 saturated carbocycles. The number of rotatable bonds is 9. The van der Waals surface area contributed by atoms with Gasteiger partial charge in [0.15, 0.2) is 12.6 Å². The van der Waals surface area contributed by atoms with E-state index in [-0.39, 0.29) is 12.6 Å². The van der Waals surface area contributed by atoms with Gasteiger partial charge in [-0.2, -0.15) is 0 Å². The van der Waals surface area contributed by atoms with Crippen LogP contribution in [0.4, 0.5) is 0 Å². The summed E-state index contributed by atoms with van der Waals surface area (Å²) in [5.74, 6) is 0.888. The topological polar surface area (TPSA) is 36.9 Å². The molecule has 0 aromatic heterocycles. The Bertz CT molecular complexity index is 315. The summed E-state index contributed by atoms with van der Waals surface area (Å²) in [6.07, 6.45) is 12.1. The van der Waals surface area contributed by atoms with Crippen LogP contribution in [-0.4, -0.2) is 39.0 Å². The van der Waals surface area contributed by atoms with Crippen molar-refractivity contribution in [3.05, 3.63) is 12.2 Å². The first kappa shape index (κ1) is 18.9. The highest BCUT2D eigenvalue weighted by Crippen LogP contribution is 2.23. The number of hydrogen-bond acceptors (Lipinski definition) is 4. The van der Waals surface area contributed by atoms with Crippen LogP contribution in [0.2, 0.25) is 0 Å². The first-order chi connectivity index (χ1) is 11.3. The fourth-order valence-electron chi connectivity index (χ4n) is 3.01. The quantitative estimate of drug-likeness (QED) is 0.468. The molecule has 134 valence electrons. The average Bonchev–Trinajstić information content (AvgIpc) is 2.60. The van der Waals surface area contributed by atoms with Gasteiger partial charge in [-0.05, 0) is 32.1 Å². The van der Waals surface area contributed by atoms with Gasteiger partial charge in [-0.25, -0.2) is 0 Å². The smallest absolute Gasteiger partial charge is 0.157 e. The van der Waals surface area contributed by atoms with Crippen molar-refractivity contribution in [3.63, 3.8) is 0 Å². The van der Waals surface area contributed by atoms with Gasteiger partial charge in [-0.1, -0.05) is 38.8 Å². The molecular formula is C19H34O4. The molecule has 23 heavy (non-hydrogen) atoms. The Labute approximate surface area is 141 Å². The standard InChI is InChI=1S/C19H34O4/c1-3-5-7-9-18-20-14-17(15-21-18)10-11-19-22-12-16(13-23-19)8-6-4-2/h6,8,16-19H,3-5,7,9-15H2,1-2H3/b8-6+. The highest BCUT2D eigenvalue weighted by Gasteiger charge is 2.25. The van der Waals surface area contributed by atoms with E-state index in [9.17, 15) is 0 Å². The molecule has 2 rings (SSSR count). The monoisotopic (exact) mass is 326 g/mol. The van der Waals surface area contributed by atoms with E-state index in [2.05, 4.69) is 26.0 Å². The maximum absolute atomic E-state index is 5.83. The highest BCUT2D eigenvalue weighted by atomic mass is 16.7. The molecular weight excluding hydrogens is 292 g/mol. The molecule has 2 aliphatic rings. The van der Waals surface area contributed by atoms with Gasteiger partial charge in [0.05, 0.1) is 26.4 Å². The largest absolute Gasteiger partial charge is 0.352 e.